The smallest absolute Gasteiger partial charge is 0.322 e. The number of hydrogen-bond donors (Lipinski definition) is 0. The molecule has 4 aromatic rings. The Kier molecular flexibility index (Phi) is 8.90. The molecule has 2 aliphatic heterocycles. The maximum absolute atomic E-state index is 6.64. The fourth-order valence-electron chi connectivity index (χ4n) is 5.04. The van der Waals surface area contributed by atoms with Crippen molar-refractivity contribution in [1.82, 2.24) is 0 Å². The van der Waals surface area contributed by atoms with E-state index in [-0.39, 0.29) is 6.61 Å². The third-order valence-corrected chi connectivity index (χ3v) is 7.22. The largest absolute Gasteiger partial charge is 0.374 e. The third-order valence-electron chi connectivity index (χ3n) is 7.22. The Morgan fingerprint density at radius 2 is 0.927 bits per heavy atom. The van der Waals surface area contributed by atoms with E-state index in [0.717, 1.165) is 22.3 Å². The molecule has 4 unspecified atom stereocenters. The standard InChI is InChI=1S/C34H34N2O5/c1-5-13-26(14-6-1)21-37-25-30-31(38-22-27-15-7-2-8-16-27)32(39-23-28-17-9-3-10-18-28)33(34(41-30)35-36-34)40-24-29-19-11-4-12-20-29/h1-20,30-33H,21-25H2. The molecule has 0 saturated carbocycles. The molecule has 1 saturated heterocycles. The number of nitrogens with zero attached hydrogens (tertiary/aromatic N) is 2. The van der Waals surface area contributed by atoms with Gasteiger partial charge in [0.15, 0.2) is 6.10 Å². The topological polar surface area (TPSA) is 70.9 Å². The lowest BCUT2D eigenvalue weighted by Gasteiger charge is -2.44. The van der Waals surface area contributed by atoms with Crippen LogP contribution in [0.25, 0.3) is 0 Å². The first kappa shape index (κ1) is 27.4. The van der Waals surface area contributed by atoms with Gasteiger partial charge in [0, 0.05) is 0 Å². The van der Waals surface area contributed by atoms with E-state index in [2.05, 4.69) is 10.2 Å². The van der Waals surface area contributed by atoms with Gasteiger partial charge < -0.3 is 23.7 Å². The van der Waals surface area contributed by atoms with Gasteiger partial charge in [0.05, 0.1) is 33.0 Å². The Balaban J connectivity index is 1.25. The summed E-state index contributed by atoms with van der Waals surface area (Å²) in [6.45, 7) is 1.89. The van der Waals surface area contributed by atoms with Crippen molar-refractivity contribution < 1.29 is 23.7 Å². The van der Waals surface area contributed by atoms with E-state index < -0.39 is 30.3 Å². The minimum absolute atomic E-state index is 0.289. The van der Waals surface area contributed by atoms with E-state index in [9.17, 15) is 0 Å². The van der Waals surface area contributed by atoms with E-state index in [1.54, 1.807) is 0 Å². The lowest BCUT2D eigenvalue weighted by atomic mass is 9.95. The molecule has 41 heavy (non-hydrogen) atoms. The second-order valence-corrected chi connectivity index (χ2v) is 10.3. The molecule has 2 aliphatic rings. The molecule has 2 heterocycles. The van der Waals surface area contributed by atoms with Gasteiger partial charge in [-0.1, -0.05) is 121 Å². The summed E-state index contributed by atoms with van der Waals surface area (Å²) in [6.07, 6.45) is -2.09. The highest BCUT2D eigenvalue weighted by molar-refractivity contribution is 5.17. The first-order valence-electron chi connectivity index (χ1n) is 14.0. The maximum Gasteiger partial charge on any atom is 0.322 e. The predicted molar refractivity (Wildman–Crippen MR) is 154 cm³/mol. The van der Waals surface area contributed by atoms with Crippen molar-refractivity contribution in [3.8, 4) is 0 Å². The molecule has 4 aromatic carbocycles. The summed E-state index contributed by atoms with van der Waals surface area (Å²) in [6, 6.07) is 40.3. The zero-order valence-electron chi connectivity index (χ0n) is 22.8. The molecule has 1 fully saturated rings. The fourth-order valence-corrected chi connectivity index (χ4v) is 5.04. The Bertz CT molecular complexity index is 1370. The molecule has 210 valence electrons. The second-order valence-electron chi connectivity index (χ2n) is 10.3. The van der Waals surface area contributed by atoms with Crippen LogP contribution in [0.1, 0.15) is 22.3 Å². The molecule has 0 N–H and O–H groups in total. The molecule has 1 spiro atoms. The summed E-state index contributed by atoms with van der Waals surface area (Å²) < 4.78 is 32.4. The first-order chi connectivity index (χ1) is 20.3. The molecule has 0 bridgehead atoms. The van der Waals surface area contributed by atoms with Gasteiger partial charge in [0.2, 0.25) is 0 Å². The van der Waals surface area contributed by atoms with Crippen molar-refractivity contribution in [3.63, 3.8) is 0 Å². The molecular formula is C34H34N2O5. The van der Waals surface area contributed by atoms with Crippen molar-refractivity contribution in [3.05, 3.63) is 144 Å². The molecular weight excluding hydrogens is 516 g/mol. The Morgan fingerprint density at radius 1 is 0.512 bits per heavy atom. The van der Waals surface area contributed by atoms with Gasteiger partial charge in [0.1, 0.15) is 18.3 Å². The minimum atomic E-state index is -1.15. The van der Waals surface area contributed by atoms with Gasteiger partial charge in [-0.3, -0.25) is 0 Å². The van der Waals surface area contributed by atoms with Crippen LogP contribution in [0.15, 0.2) is 132 Å². The van der Waals surface area contributed by atoms with E-state index in [0.29, 0.717) is 26.4 Å². The summed E-state index contributed by atoms with van der Waals surface area (Å²) in [5, 5.41) is 8.70. The maximum atomic E-state index is 6.64. The second kappa shape index (κ2) is 13.3. The van der Waals surface area contributed by atoms with Crippen LogP contribution < -0.4 is 0 Å². The Labute approximate surface area is 240 Å². The number of ether oxygens (including phenoxy) is 5. The highest BCUT2D eigenvalue weighted by Crippen LogP contribution is 2.45. The van der Waals surface area contributed by atoms with Crippen LogP contribution in [-0.4, -0.2) is 36.9 Å². The summed E-state index contributed by atoms with van der Waals surface area (Å²) in [5.74, 6) is -1.15. The predicted octanol–water partition coefficient (Wildman–Crippen LogP) is 6.48. The van der Waals surface area contributed by atoms with E-state index >= 15 is 0 Å². The van der Waals surface area contributed by atoms with Gasteiger partial charge in [-0.2, -0.15) is 0 Å². The zero-order chi connectivity index (χ0) is 27.7. The lowest BCUT2D eigenvalue weighted by Crippen LogP contribution is -2.62. The molecule has 4 atom stereocenters. The third kappa shape index (κ3) is 7.14. The van der Waals surface area contributed by atoms with E-state index in [1.165, 1.54) is 0 Å². The quantitative estimate of drug-likeness (QED) is 0.191. The number of benzene rings is 4. The molecule has 0 aliphatic carbocycles. The normalized spacial score (nSPS) is 22.5. The van der Waals surface area contributed by atoms with Crippen molar-refractivity contribution in [2.24, 2.45) is 10.2 Å². The zero-order valence-corrected chi connectivity index (χ0v) is 22.8. The van der Waals surface area contributed by atoms with Gasteiger partial charge in [-0.15, -0.1) is 10.2 Å². The summed E-state index contributed by atoms with van der Waals surface area (Å²) in [5.41, 5.74) is 4.24. The van der Waals surface area contributed by atoms with Crippen LogP contribution in [0.5, 0.6) is 0 Å². The van der Waals surface area contributed by atoms with Crippen LogP contribution in [0, 0.1) is 0 Å². The highest BCUT2D eigenvalue weighted by atomic mass is 16.7. The molecule has 0 radical (unpaired) electrons. The van der Waals surface area contributed by atoms with Crippen molar-refractivity contribution >= 4 is 0 Å². The van der Waals surface area contributed by atoms with Crippen LogP contribution >= 0.6 is 0 Å². The molecule has 7 nitrogen and oxygen atoms in total. The van der Waals surface area contributed by atoms with E-state index in [4.69, 9.17) is 23.7 Å². The number of rotatable bonds is 13. The molecule has 7 heteroatoms. The van der Waals surface area contributed by atoms with Gasteiger partial charge in [-0.25, -0.2) is 0 Å². The van der Waals surface area contributed by atoms with Crippen molar-refractivity contribution in [1.29, 1.82) is 0 Å². The van der Waals surface area contributed by atoms with Gasteiger partial charge >= 0.3 is 5.85 Å². The molecule has 0 aromatic heterocycles. The van der Waals surface area contributed by atoms with Crippen molar-refractivity contribution in [2.45, 2.75) is 56.7 Å². The summed E-state index contributed by atoms with van der Waals surface area (Å²) in [4.78, 5) is 0. The lowest BCUT2D eigenvalue weighted by molar-refractivity contribution is -0.286. The highest BCUT2D eigenvalue weighted by Gasteiger charge is 2.63. The Hall–Kier alpha value is -3.72. The van der Waals surface area contributed by atoms with Crippen LogP contribution in [0.4, 0.5) is 0 Å². The fraction of sp³-hybridized carbons (Fsp3) is 0.294. The average molecular weight is 551 g/mol. The molecule has 6 rings (SSSR count). The SMILES string of the molecule is c1ccc(COCC2OC3(N=N3)C(OCc3ccccc3)C(OCc3ccccc3)C2OCc2ccccc2)cc1. The molecule has 0 amide bonds. The van der Waals surface area contributed by atoms with E-state index in [1.807, 2.05) is 121 Å². The Morgan fingerprint density at radius 3 is 1.39 bits per heavy atom. The summed E-state index contributed by atoms with van der Waals surface area (Å²) >= 11 is 0. The van der Waals surface area contributed by atoms with Gasteiger partial charge in [0.25, 0.3) is 0 Å². The van der Waals surface area contributed by atoms with Crippen molar-refractivity contribution in [2.75, 3.05) is 6.61 Å². The monoisotopic (exact) mass is 550 g/mol. The average Bonchev–Trinajstić information content (AvgIpc) is 3.80. The van der Waals surface area contributed by atoms with Crippen LogP contribution in [0.2, 0.25) is 0 Å². The minimum Gasteiger partial charge on any atom is -0.374 e. The number of hydrogen-bond acceptors (Lipinski definition) is 7. The van der Waals surface area contributed by atoms with Gasteiger partial charge in [-0.05, 0) is 22.3 Å². The van der Waals surface area contributed by atoms with Crippen LogP contribution in [-0.2, 0) is 50.1 Å². The van der Waals surface area contributed by atoms with Crippen LogP contribution in [0.3, 0.4) is 0 Å². The first-order valence-corrected chi connectivity index (χ1v) is 14.0. The summed E-state index contributed by atoms with van der Waals surface area (Å²) in [7, 11) is 0.